The lowest BCUT2D eigenvalue weighted by Gasteiger charge is -2.22. The summed E-state index contributed by atoms with van der Waals surface area (Å²) >= 11 is 0. The Kier molecular flexibility index (Phi) is 4.72. The molecule has 1 aliphatic rings. The maximum absolute atomic E-state index is 13.4. The summed E-state index contributed by atoms with van der Waals surface area (Å²) in [5.41, 5.74) is 7.35. The van der Waals surface area contributed by atoms with Crippen molar-refractivity contribution in [2.75, 3.05) is 6.54 Å². The van der Waals surface area contributed by atoms with Gasteiger partial charge >= 0.3 is 0 Å². The zero-order chi connectivity index (χ0) is 13.0. The molecule has 1 aromatic carbocycles. The molecular weight excluding hydrogens is 227 g/mol. The molecule has 1 fully saturated rings. The van der Waals surface area contributed by atoms with E-state index in [9.17, 15) is 4.39 Å². The van der Waals surface area contributed by atoms with Crippen LogP contribution in [0, 0.1) is 5.82 Å². The van der Waals surface area contributed by atoms with E-state index in [1.807, 2.05) is 12.1 Å². The van der Waals surface area contributed by atoms with Crippen LogP contribution in [0.25, 0.3) is 0 Å². The summed E-state index contributed by atoms with van der Waals surface area (Å²) in [5.74, 6) is -0.187. The standard InChI is InChI=1S/C15H23FN2/c1-2-3-8-18(14-5-6-14)11-12-4-7-15(16)13(9-12)10-17/h4,7,9,14H,2-3,5-6,8,10-11,17H2,1H3. The quantitative estimate of drug-likeness (QED) is 0.806. The number of nitrogens with zero attached hydrogens (tertiary/aromatic N) is 1. The summed E-state index contributed by atoms with van der Waals surface area (Å²) in [7, 11) is 0. The van der Waals surface area contributed by atoms with Crippen molar-refractivity contribution in [1.29, 1.82) is 0 Å². The number of benzene rings is 1. The monoisotopic (exact) mass is 250 g/mol. The third-order valence-corrected chi connectivity index (χ3v) is 3.58. The normalized spacial score (nSPS) is 15.3. The molecule has 1 saturated carbocycles. The van der Waals surface area contributed by atoms with Crippen molar-refractivity contribution in [3.05, 3.63) is 35.1 Å². The van der Waals surface area contributed by atoms with E-state index in [-0.39, 0.29) is 12.4 Å². The Balaban J connectivity index is 2.01. The van der Waals surface area contributed by atoms with Crippen molar-refractivity contribution in [3.63, 3.8) is 0 Å². The third kappa shape index (κ3) is 3.53. The maximum Gasteiger partial charge on any atom is 0.127 e. The Bertz CT molecular complexity index is 388. The van der Waals surface area contributed by atoms with Gasteiger partial charge in [-0.2, -0.15) is 0 Å². The fraction of sp³-hybridized carbons (Fsp3) is 0.600. The van der Waals surface area contributed by atoms with E-state index >= 15 is 0 Å². The first-order valence-electron chi connectivity index (χ1n) is 6.96. The number of hydrogen-bond acceptors (Lipinski definition) is 2. The highest BCUT2D eigenvalue weighted by atomic mass is 19.1. The molecule has 0 bridgehead atoms. The van der Waals surface area contributed by atoms with Gasteiger partial charge in [0.1, 0.15) is 5.82 Å². The highest BCUT2D eigenvalue weighted by molar-refractivity contribution is 5.25. The molecule has 0 aromatic heterocycles. The molecule has 3 heteroatoms. The van der Waals surface area contributed by atoms with Crippen molar-refractivity contribution in [2.24, 2.45) is 5.73 Å². The van der Waals surface area contributed by atoms with Crippen LogP contribution < -0.4 is 5.73 Å². The van der Waals surface area contributed by atoms with Crippen LogP contribution in [0.5, 0.6) is 0 Å². The molecule has 0 spiro atoms. The van der Waals surface area contributed by atoms with Crippen LogP contribution in [0.15, 0.2) is 18.2 Å². The summed E-state index contributed by atoms with van der Waals surface area (Å²) in [5, 5.41) is 0. The van der Waals surface area contributed by atoms with Gasteiger partial charge in [0.2, 0.25) is 0 Å². The number of unbranched alkanes of at least 4 members (excludes halogenated alkanes) is 1. The smallest absolute Gasteiger partial charge is 0.127 e. The highest BCUT2D eigenvalue weighted by Crippen LogP contribution is 2.28. The van der Waals surface area contributed by atoms with Gasteiger partial charge in [0, 0.05) is 24.7 Å². The average Bonchev–Trinajstić information content (AvgIpc) is 3.20. The van der Waals surface area contributed by atoms with Gasteiger partial charge in [-0.05, 0) is 37.4 Å². The van der Waals surface area contributed by atoms with Crippen molar-refractivity contribution >= 4 is 0 Å². The van der Waals surface area contributed by atoms with Gasteiger partial charge in [0.15, 0.2) is 0 Å². The Morgan fingerprint density at radius 2 is 2.17 bits per heavy atom. The van der Waals surface area contributed by atoms with Crippen molar-refractivity contribution < 1.29 is 4.39 Å². The van der Waals surface area contributed by atoms with E-state index in [0.29, 0.717) is 5.56 Å². The van der Waals surface area contributed by atoms with Gasteiger partial charge in [0.25, 0.3) is 0 Å². The van der Waals surface area contributed by atoms with Crippen LogP contribution >= 0.6 is 0 Å². The van der Waals surface area contributed by atoms with Gasteiger partial charge < -0.3 is 5.73 Å². The second kappa shape index (κ2) is 6.30. The van der Waals surface area contributed by atoms with E-state index in [2.05, 4.69) is 11.8 Å². The van der Waals surface area contributed by atoms with Gasteiger partial charge in [-0.15, -0.1) is 0 Å². The summed E-state index contributed by atoms with van der Waals surface area (Å²) < 4.78 is 13.4. The lowest BCUT2D eigenvalue weighted by atomic mass is 10.1. The molecule has 0 radical (unpaired) electrons. The summed E-state index contributed by atoms with van der Waals surface area (Å²) in [6, 6.07) is 6.09. The molecular formula is C15H23FN2. The van der Waals surface area contributed by atoms with Gasteiger partial charge in [0.05, 0.1) is 0 Å². The lowest BCUT2D eigenvalue weighted by Crippen LogP contribution is -2.26. The van der Waals surface area contributed by atoms with Crippen LogP contribution in [0.2, 0.25) is 0 Å². The Labute approximate surface area is 109 Å². The molecule has 1 aliphatic carbocycles. The zero-order valence-electron chi connectivity index (χ0n) is 11.2. The Hall–Kier alpha value is -0.930. The molecule has 0 aliphatic heterocycles. The first kappa shape index (κ1) is 13.5. The molecule has 18 heavy (non-hydrogen) atoms. The minimum atomic E-state index is -0.187. The molecule has 0 saturated heterocycles. The minimum Gasteiger partial charge on any atom is -0.326 e. The van der Waals surface area contributed by atoms with E-state index in [1.54, 1.807) is 6.07 Å². The fourth-order valence-electron chi connectivity index (χ4n) is 2.31. The summed E-state index contributed by atoms with van der Waals surface area (Å²) in [6.07, 6.45) is 5.09. The topological polar surface area (TPSA) is 29.3 Å². The highest BCUT2D eigenvalue weighted by Gasteiger charge is 2.28. The molecule has 0 unspecified atom stereocenters. The fourth-order valence-corrected chi connectivity index (χ4v) is 2.31. The lowest BCUT2D eigenvalue weighted by molar-refractivity contribution is 0.250. The van der Waals surface area contributed by atoms with Gasteiger partial charge in [-0.1, -0.05) is 25.5 Å². The maximum atomic E-state index is 13.4. The third-order valence-electron chi connectivity index (χ3n) is 3.58. The molecule has 0 heterocycles. The van der Waals surface area contributed by atoms with Crippen molar-refractivity contribution in [2.45, 2.75) is 51.7 Å². The van der Waals surface area contributed by atoms with Crippen LogP contribution in [0.1, 0.15) is 43.7 Å². The van der Waals surface area contributed by atoms with Gasteiger partial charge in [-0.25, -0.2) is 4.39 Å². The molecule has 2 rings (SSSR count). The van der Waals surface area contributed by atoms with Gasteiger partial charge in [-0.3, -0.25) is 4.90 Å². The first-order valence-corrected chi connectivity index (χ1v) is 6.96. The number of halogens is 1. The average molecular weight is 250 g/mol. The van der Waals surface area contributed by atoms with Crippen LogP contribution in [-0.4, -0.2) is 17.5 Å². The number of rotatable bonds is 7. The van der Waals surface area contributed by atoms with E-state index < -0.39 is 0 Å². The molecule has 2 nitrogen and oxygen atoms in total. The van der Waals surface area contributed by atoms with E-state index in [1.165, 1.54) is 31.2 Å². The molecule has 0 amide bonds. The molecule has 100 valence electrons. The predicted octanol–water partition coefficient (Wildman–Crippen LogP) is 3.05. The predicted molar refractivity (Wildman–Crippen MR) is 72.6 cm³/mol. The Morgan fingerprint density at radius 1 is 1.39 bits per heavy atom. The second-order valence-electron chi connectivity index (χ2n) is 5.19. The van der Waals surface area contributed by atoms with Crippen LogP contribution in [0.3, 0.4) is 0 Å². The molecule has 1 aromatic rings. The van der Waals surface area contributed by atoms with Crippen LogP contribution in [0.4, 0.5) is 4.39 Å². The second-order valence-corrected chi connectivity index (χ2v) is 5.19. The summed E-state index contributed by atoms with van der Waals surface area (Å²) in [4.78, 5) is 2.52. The van der Waals surface area contributed by atoms with E-state index in [4.69, 9.17) is 5.73 Å². The first-order chi connectivity index (χ1) is 8.74. The number of hydrogen-bond donors (Lipinski definition) is 1. The number of nitrogens with two attached hydrogens (primary N) is 1. The van der Waals surface area contributed by atoms with Crippen molar-refractivity contribution in [1.82, 2.24) is 4.90 Å². The molecule has 2 N–H and O–H groups in total. The Morgan fingerprint density at radius 3 is 2.78 bits per heavy atom. The SMILES string of the molecule is CCCCN(Cc1ccc(F)c(CN)c1)C1CC1. The van der Waals surface area contributed by atoms with E-state index in [0.717, 1.165) is 19.1 Å². The molecule has 0 atom stereocenters. The zero-order valence-corrected chi connectivity index (χ0v) is 11.2. The van der Waals surface area contributed by atoms with Crippen LogP contribution in [-0.2, 0) is 13.1 Å². The largest absolute Gasteiger partial charge is 0.326 e. The minimum absolute atomic E-state index is 0.187. The summed E-state index contributed by atoms with van der Waals surface area (Å²) in [6.45, 7) is 4.57. The van der Waals surface area contributed by atoms with Crippen molar-refractivity contribution in [3.8, 4) is 0 Å².